The Morgan fingerprint density at radius 1 is 1.13 bits per heavy atom. The largest absolute Gasteiger partial charge is 0.505 e. The Bertz CT molecular complexity index is 1520. The van der Waals surface area contributed by atoms with Gasteiger partial charge in [0.1, 0.15) is 21.7 Å². The van der Waals surface area contributed by atoms with Gasteiger partial charge in [0, 0.05) is 26.5 Å². The monoisotopic (exact) mass is 499 g/mol. The Morgan fingerprint density at radius 2 is 1.87 bits per heavy atom. The van der Waals surface area contributed by atoms with Crippen LogP contribution >= 0.6 is 27.7 Å². The van der Waals surface area contributed by atoms with E-state index < -0.39 is 28.2 Å². The summed E-state index contributed by atoms with van der Waals surface area (Å²) in [6, 6.07) is 13.1. The molecule has 0 atom stereocenters. The smallest absolute Gasteiger partial charge is 0.354 e. The highest BCUT2D eigenvalue weighted by Gasteiger charge is 2.38. The van der Waals surface area contributed by atoms with E-state index in [4.69, 9.17) is 4.42 Å². The highest BCUT2D eigenvalue weighted by molar-refractivity contribution is 9.10. The number of aromatic hydroxyl groups is 1. The molecule has 0 fully saturated rings. The number of pyridine rings is 1. The van der Waals surface area contributed by atoms with E-state index in [9.17, 15) is 19.1 Å². The molecule has 8 heteroatoms. The van der Waals surface area contributed by atoms with Gasteiger partial charge in [-0.15, -0.1) is 0 Å². The summed E-state index contributed by atoms with van der Waals surface area (Å²) < 4.78 is 21.9. The third-order valence-corrected chi connectivity index (χ3v) is 7.18. The average molecular weight is 500 g/mol. The molecule has 0 unspecified atom stereocenters. The van der Waals surface area contributed by atoms with Crippen molar-refractivity contribution >= 4 is 38.7 Å². The second kappa shape index (κ2) is 6.83. The van der Waals surface area contributed by atoms with Gasteiger partial charge in [-0.25, -0.2) is 9.18 Å². The van der Waals surface area contributed by atoms with E-state index in [1.54, 1.807) is 12.1 Å². The number of hydrogen-bond donors (Lipinski definition) is 1. The minimum atomic E-state index is -0.835. The fourth-order valence-corrected chi connectivity index (χ4v) is 5.23. The van der Waals surface area contributed by atoms with Gasteiger partial charge in [-0.3, -0.25) is 9.36 Å². The van der Waals surface area contributed by atoms with Crippen molar-refractivity contribution in [2.75, 3.05) is 0 Å². The topological polar surface area (TPSA) is 72.4 Å². The zero-order valence-electron chi connectivity index (χ0n) is 16.4. The van der Waals surface area contributed by atoms with Crippen molar-refractivity contribution in [3.05, 3.63) is 90.9 Å². The predicted octanol–water partition coefficient (Wildman–Crippen LogP) is 5.34. The number of rotatable bonds is 2. The fraction of sp³-hybridized carbons (Fsp3) is 0.130. The van der Waals surface area contributed by atoms with Gasteiger partial charge in [0.2, 0.25) is 0 Å². The van der Waals surface area contributed by atoms with Gasteiger partial charge in [0.05, 0.1) is 5.69 Å². The van der Waals surface area contributed by atoms with Gasteiger partial charge in [-0.2, -0.15) is 0 Å². The van der Waals surface area contributed by atoms with Crippen LogP contribution in [0.5, 0.6) is 5.75 Å². The number of nitrogens with zero attached hydrogens (tertiary/aromatic N) is 1. The standard InChI is InChI=1S/C23H15BrFNO4S/c1-23(2)12-9-11(24)7-8-14(12)26-17(23)10-15-18(21(26)28)19(27)20(22(29)30-15)31-16-6-4-3-5-13(16)25/h3-10,27H,1-2H3. The molecule has 1 N–H and O–H groups in total. The summed E-state index contributed by atoms with van der Waals surface area (Å²) in [7, 11) is 0. The molecule has 0 spiro atoms. The van der Waals surface area contributed by atoms with E-state index in [2.05, 4.69) is 15.9 Å². The molecule has 0 saturated heterocycles. The van der Waals surface area contributed by atoms with Crippen molar-refractivity contribution in [2.24, 2.45) is 0 Å². The van der Waals surface area contributed by atoms with Crippen LogP contribution in [0.15, 0.2) is 76.8 Å². The van der Waals surface area contributed by atoms with Crippen molar-refractivity contribution in [2.45, 2.75) is 29.1 Å². The van der Waals surface area contributed by atoms with Gasteiger partial charge >= 0.3 is 5.63 Å². The van der Waals surface area contributed by atoms with Crippen LogP contribution < -0.4 is 11.2 Å². The van der Waals surface area contributed by atoms with E-state index in [1.165, 1.54) is 22.8 Å². The summed E-state index contributed by atoms with van der Waals surface area (Å²) in [4.78, 5) is 26.0. The predicted molar refractivity (Wildman–Crippen MR) is 120 cm³/mol. The third-order valence-electron chi connectivity index (χ3n) is 5.57. The quantitative estimate of drug-likeness (QED) is 0.402. The minimum absolute atomic E-state index is 0.00317. The van der Waals surface area contributed by atoms with Crippen molar-refractivity contribution < 1.29 is 13.9 Å². The molecule has 1 aliphatic heterocycles. The molecule has 4 aromatic rings. The molecule has 0 amide bonds. The van der Waals surface area contributed by atoms with Gasteiger partial charge in [-0.05, 0) is 35.9 Å². The summed E-state index contributed by atoms with van der Waals surface area (Å²) >= 11 is 4.20. The van der Waals surface area contributed by atoms with Crippen molar-refractivity contribution in [1.82, 2.24) is 4.57 Å². The number of aromatic nitrogens is 1. The number of hydrogen-bond acceptors (Lipinski definition) is 5. The number of fused-ring (bicyclic) bond motifs is 4. The van der Waals surface area contributed by atoms with Crippen LogP contribution in [0, 0.1) is 5.82 Å². The van der Waals surface area contributed by atoms with Crippen molar-refractivity contribution in [1.29, 1.82) is 0 Å². The summed E-state index contributed by atoms with van der Waals surface area (Å²) in [5.41, 5.74) is 0.408. The lowest BCUT2D eigenvalue weighted by atomic mass is 9.83. The minimum Gasteiger partial charge on any atom is -0.505 e. The summed E-state index contributed by atoms with van der Waals surface area (Å²) in [5, 5.41) is 10.8. The van der Waals surface area contributed by atoms with E-state index in [0.29, 0.717) is 11.4 Å². The number of benzene rings is 2. The maximum atomic E-state index is 14.1. The van der Waals surface area contributed by atoms with Gasteiger partial charge in [0.25, 0.3) is 5.56 Å². The molecule has 156 valence electrons. The first-order valence-electron chi connectivity index (χ1n) is 9.39. The Hall–Kier alpha value is -2.84. The van der Waals surface area contributed by atoms with Gasteiger partial charge < -0.3 is 9.52 Å². The fourth-order valence-electron chi connectivity index (χ4n) is 4.01. The highest BCUT2D eigenvalue weighted by Crippen LogP contribution is 2.44. The molecule has 0 aliphatic carbocycles. The van der Waals surface area contributed by atoms with Crippen molar-refractivity contribution in [3.8, 4) is 11.4 Å². The van der Waals surface area contributed by atoms with Crippen LogP contribution in [-0.2, 0) is 5.41 Å². The second-order valence-corrected chi connectivity index (χ2v) is 9.76. The average Bonchev–Trinajstić information content (AvgIpc) is 2.93. The van der Waals surface area contributed by atoms with E-state index in [0.717, 1.165) is 21.8 Å². The lowest BCUT2D eigenvalue weighted by Gasteiger charge is -2.20. The normalized spacial score (nSPS) is 13.9. The lowest BCUT2D eigenvalue weighted by molar-refractivity contribution is 0.445. The maximum Gasteiger partial charge on any atom is 0.354 e. The number of halogens is 2. The second-order valence-electron chi connectivity index (χ2n) is 7.80. The molecule has 5 rings (SSSR count). The van der Waals surface area contributed by atoms with E-state index in [-0.39, 0.29) is 20.8 Å². The van der Waals surface area contributed by atoms with Crippen LogP contribution in [0.2, 0.25) is 0 Å². The van der Waals surface area contributed by atoms with E-state index in [1.807, 2.05) is 32.0 Å². The zero-order chi connectivity index (χ0) is 22.1. The molecular weight excluding hydrogens is 485 g/mol. The Labute approximate surface area is 188 Å². The van der Waals surface area contributed by atoms with Crippen LogP contribution in [0.4, 0.5) is 4.39 Å². The summed E-state index contributed by atoms with van der Waals surface area (Å²) in [6.07, 6.45) is 0. The SMILES string of the molecule is CC1(C)c2cc(Br)ccc2-n2c1cc1oc(=O)c(Sc3ccccc3F)c(O)c1c2=O. The van der Waals surface area contributed by atoms with Crippen LogP contribution in [0.1, 0.15) is 25.1 Å². The molecule has 0 radical (unpaired) electrons. The lowest BCUT2D eigenvalue weighted by Crippen LogP contribution is -2.24. The Kier molecular flexibility index (Phi) is 4.43. The van der Waals surface area contributed by atoms with Crippen LogP contribution in [0.3, 0.4) is 0 Å². The first-order valence-corrected chi connectivity index (χ1v) is 11.0. The van der Waals surface area contributed by atoms with Gasteiger partial charge in [-0.1, -0.05) is 53.7 Å². The first-order chi connectivity index (χ1) is 14.7. The van der Waals surface area contributed by atoms with E-state index >= 15 is 0 Å². The molecular formula is C23H15BrFNO4S. The van der Waals surface area contributed by atoms with Crippen LogP contribution in [0.25, 0.3) is 16.7 Å². The first kappa shape index (κ1) is 20.1. The molecule has 31 heavy (non-hydrogen) atoms. The molecule has 1 aliphatic rings. The molecule has 5 nitrogen and oxygen atoms in total. The van der Waals surface area contributed by atoms with Gasteiger partial charge in [0.15, 0.2) is 5.75 Å². The zero-order valence-corrected chi connectivity index (χ0v) is 18.8. The Balaban J connectivity index is 1.81. The molecule has 2 aromatic heterocycles. The molecule has 0 bridgehead atoms. The molecule has 0 saturated carbocycles. The molecule has 3 heterocycles. The molecule has 2 aromatic carbocycles. The summed E-state index contributed by atoms with van der Waals surface area (Å²) in [6.45, 7) is 3.95. The van der Waals surface area contributed by atoms with Crippen LogP contribution in [-0.4, -0.2) is 9.67 Å². The Morgan fingerprint density at radius 3 is 2.61 bits per heavy atom. The highest BCUT2D eigenvalue weighted by atomic mass is 79.9. The summed E-state index contributed by atoms with van der Waals surface area (Å²) in [5.74, 6) is -1.05. The third kappa shape index (κ3) is 2.89. The maximum absolute atomic E-state index is 14.1. The van der Waals surface area contributed by atoms with Crippen molar-refractivity contribution in [3.63, 3.8) is 0 Å².